The minimum Gasteiger partial charge on any atom is -0.200 e. The molecule has 0 unspecified atom stereocenters. The third kappa shape index (κ3) is 4.60. The predicted octanol–water partition coefficient (Wildman–Crippen LogP) is 9.74. The van der Waals surface area contributed by atoms with Crippen molar-refractivity contribution in [2.75, 3.05) is 0 Å². The number of nitrogens with zero attached hydrogens (tertiary/aromatic N) is 1. The SMILES string of the molecule is Cc1c2c(c(CC(C)C)c3ccc(CC(C)(C)C)cc13)Sc1cc3ccc([Si](C)(C)C)cc3c3cc[n+](C)c-2c13. The molecule has 0 bridgehead atoms. The summed E-state index contributed by atoms with van der Waals surface area (Å²) in [6.45, 7) is 21.5. The molecule has 0 spiro atoms. The van der Waals surface area contributed by atoms with Gasteiger partial charge in [-0.05, 0) is 75.4 Å². The minimum absolute atomic E-state index is 0.263. The van der Waals surface area contributed by atoms with E-state index in [2.05, 4.69) is 128 Å². The quantitative estimate of drug-likeness (QED) is 0.117. The van der Waals surface area contributed by atoms with E-state index in [0.29, 0.717) is 5.92 Å². The maximum Gasteiger partial charge on any atom is 0.222 e. The second kappa shape index (κ2) is 9.46. The molecule has 5 aromatic rings. The van der Waals surface area contributed by atoms with Crippen LogP contribution in [0.2, 0.25) is 19.6 Å². The van der Waals surface area contributed by atoms with Gasteiger partial charge in [-0.15, -0.1) is 0 Å². The van der Waals surface area contributed by atoms with Gasteiger partial charge < -0.3 is 0 Å². The van der Waals surface area contributed by atoms with Crippen LogP contribution in [0.15, 0.2) is 64.5 Å². The van der Waals surface area contributed by atoms with Crippen LogP contribution in [0, 0.1) is 18.3 Å². The van der Waals surface area contributed by atoms with Crippen molar-refractivity contribution in [3.8, 4) is 11.3 Å². The topological polar surface area (TPSA) is 3.88 Å². The molecule has 2 heterocycles. The number of hydrogen-bond donors (Lipinski definition) is 0. The van der Waals surface area contributed by atoms with Crippen LogP contribution in [0.1, 0.15) is 51.3 Å². The lowest BCUT2D eigenvalue weighted by Gasteiger charge is -2.27. The van der Waals surface area contributed by atoms with E-state index in [9.17, 15) is 0 Å². The zero-order chi connectivity index (χ0) is 28.7. The molecule has 0 aliphatic carbocycles. The second-order valence-electron chi connectivity index (χ2n) is 14.7. The van der Waals surface area contributed by atoms with Crippen LogP contribution >= 0.6 is 11.8 Å². The molecule has 0 fully saturated rings. The van der Waals surface area contributed by atoms with E-state index >= 15 is 0 Å². The van der Waals surface area contributed by atoms with Crippen LogP contribution in [0.5, 0.6) is 0 Å². The lowest BCUT2D eigenvalue weighted by molar-refractivity contribution is -0.659. The first-order valence-electron chi connectivity index (χ1n) is 14.9. The van der Waals surface area contributed by atoms with Gasteiger partial charge in [-0.1, -0.05) is 108 Å². The number of aryl methyl sites for hydroxylation is 2. The number of hydrogen-bond acceptors (Lipinski definition) is 1. The largest absolute Gasteiger partial charge is 0.222 e. The predicted molar refractivity (Wildman–Crippen MR) is 179 cm³/mol. The highest BCUT2D eigenvalue weighted by Gasteiger charge is 2.33. The second-order valence-corrected chi connectivity index (χ2v) is 20.9. The number of rotatable bonds is 4. The number of benzene rings is 4. The highest BCUT2D eigenvalue weighted by atomic mass is 32.2. The Morgan fingerprint density at radius 1 is 0.875 bits per heavy atom. The molecular formula is C37H44NSSi+. The zero-order valence-electron chi connectivity index (χ0n) is 26.0. The summed E-state index contributed by atoms with van der Waals surface area (Å²) in [6, 6.07) is 19.4. The number of fused-ring (bicyclic) bond motifs is 5. The van der Waals surface area contributed by atoms with Crippen LogP contribution < -0.4 is 9.75 Å². The summed E-state index contributed by atoms with van der Waals surface area (Å²) < 4.78 is 2.38. The summed E-state index contributed by atoms with van der Waals surface area (Å²) in [6.07, 6.45) is 4.47. The normalized spacial score (nSPS) is 13.6. The van der Waals surface area contributed by atoms with E-state index < -0.39 is 8.07 Å². The van der Waals surface area contributed by atoms with Gasteiger partial charge in [0.1, 0.15) is 7.05 Å². The highest BCUT2D eigenvalue weighted by molar-refractivity contribution is 8.00. The van der Waals surface area contributed by atoms with Gasteiger partial charge in [-0.3, -0.25) is 0 Å². The van der Waals surface area contributed by atoms with Gasteiger partial charge in [-0.2, -0.15) is 0 Å². The van der Waals surface area contributed by atoms with Gasteiger partial charge in [0, 0.05) is 21.2 Å². The first-order valence-corrected chi connectivity index (χ1v) is 19.2. The molecule has 0 amide bonds. The Morgan fingerprint density at radius 2 is 1.62 bits per heavy atom. The summed E-state index contributed by atoms with van der Waals surface area (Å²) in [4.78, 5) is 2.87. The number of pyridine rings is 1. The lowest BCUT2D eigenvalue weighted by Crippen LogP contribution is -2.37. The summed E-state index contributed by atoms with van der Waals surface area (Å²) >= 11 is 2.02. The van der Waals surface area contributed by atoms with Crippen molar-refractivity contribution in [1.29, 1.82) is 0 Å². The van der Waals surface area contributed by atoms with Gasteiger partial charge in [0.05, 0.1) is 19.0 Å². The fraction of sp³-hybridized carbons (Fsp3) is 0.378. The minimum atomic E-state index is -1.42. The van der Waals surface area contributed by atoms with Crippen LogP contribution in [0.3, 0.4) is 0 Å². The summed E-state index contributed by atoms with van der Waals surface area (Å²) in [5.41, 5.74) is 7.48. The summed E-state index contributed by atoms with van der Waals surface area (Å²) in [5, 5.41) is 9.97. The van der Waals surface area contributed by atoms with E-state index in [0.717, 1.165) is 12.8 Å². The summed E-state index contributed by atoms with van der Waals surface area (Å²) in [5.74, 6) is 0.590. The molecule has 0 saturated carbocycles. The van der Waals surface area contributed by atoms with E-state index in [4.69, 9.17) is 0 Å². The Bertz CT molecular complexity index is 1830. The van der Waals surface area contributed by atoms with Gasteiger partial charge in [0.15, 0.2) is 6.20 Å². The van der Waals surface area contributed by atoms with E-state index in [1.165, 1.54) is 75.2 Å². The third-order valence-electron chi connectivity index (χ3n) is 8.55. The van der Waals surface area contributed by atoms with Gasteiger partial charge in [-0.25, -0.2) is 4.57 Å². The monoisotopic (exact) mass is 562 g/mol. The molecule has 0 radical (unpaired) electrons. The molecular weight excluding hydrogens is 519 g/mol. The number of aromatic nitrogens is 1. The van der Waals surface area contributed by atoms with Crippen molar-refractivity contribution >= 4 is 57.3 Å². The Morgan fingerprint density at radius 3 is 2.30 bits per heavy atom. The highest BCUT2D eigenvalue weighted by Crippen LogP contribution is 2.53. The first-order chi connectivity index (χ1) is 18.7. The molecule has 1 aromatic heterocycles. The molecule has 4 aromatic carbocycles. The van der Waals surface area contributed by atoms with Gasteiger partial charge in [0.2, 0.25) is 5.69 Å². The van der Waals surface area contributed by atoms with Crippen molar-refractivity contribution in [1.82, 2.24) is 0 Å². The molecule has 1 nitrogen and oxygen atoms in total. The zero-order valence-corrected chi connectivity index (χ0v) is 27.9. The smallest absolute Gasteiger partial charge is 0.200 e. The Balaban J connectivity index is 1.72. The Labute approximate surface area is 246 Å². The molecule has 1 aliphatic heterocycles. The van der Waals surface area contributed by atoms with E-state index in [-0.39, 0.29) is 5.41 Å². The maximum atomic E-state index is 2.50. The molecule has 0 atom stereocenters. The maximum absolute atomic E-state index is 2.50. The average Bonchev–Trinajstić information content (AvgIpc) is 2.85. The van der Waals surface area contributed by atoms with Crippen LogP contribution in [-0.2, 0) is 19.9 Å². The van der Waals surface area contributed by atoms with Crippen LogP contribution in [0.25, 0.3) is 43.6 Å². The molecule has 1 aliphatic rings. The fourth-order valence-electron chi connectivity index (χ4n) is 6.68. The fourth-order valence-corrected chi connectivity index (χ4v) is 9.23. The molecule has 0 N–H and O–H groups in total. The van der Waals surface area contributed by atoms with Gasteiger partial charge >= 0.3 is 0 Å². The van der Waals surface area contributed by atoms with Crippen LogP contribution in [-0.4, -0.2) is 8.07 Å². The Hall–Kier alpha value is -2.62. The van der Waals surface area contributed by atoms with E-state index in [1.807, 2.05) is 11.8 Å². The Kier molecular flexibility index (Phi) is 6.51. The van der Waals surface area contributed by atoms with Crippen molar-refractivity contribution < 1.29 is 4.57 Å². The standard InChI is InChI=1S/C37H44NSSi/c1-22(2)17-31-27-14-11-24(21-37(4,5)6)18-29(27)23(3)33-35-34-28(15-16-38(35)7)30-20-26(40(8,9)10)13-12-25(30)19-32(34)39-36(31)33/h11-16,18-20,22H,17,21H2,1-10H3/q+1. The van der Waals surface area contributed by atoms with Crippen LogP contribution in [0.4, 0.5) is 0 Å². The van der Waals surface area contributed by atoms with E-state index in [1.54, 1.807) is 0 Å². The van der Waals surface area contributed by atoms with Crippen molar-refractivity contribution in [2.45, 2.75) is 83.8 Å². The molecule has 0 saturated heterocycles. The average molecular weight is 563 g/mol. The first kappa shape index (κ1) is 27.5. The van der Waals surface area contributed by atoms with Gasteiger partial charge in [0.25, 0.3) is 0 Å². The molecule has 3 heteroatoms. The summed E-state index contributed by atoms with van der Waals surface area (Å²) in [7, 11) is 0.815. The van der Waals surface area contributed by atoms with Crippen molar-refractivity contribution in [3.05, 3.63) is 71.4 Å². The van der Waals surface area contributed by atoms with Crippen molar-refractivity contribution in [3.63, 3.8) is 0 Å². The third-order valence-corrected chi connectivity index (χ3v) is 11.8. The molecule has 6 rings (SSSR count). The lowest BCUT2D eigenvalue weighted by atomic mass is 9.84. The molecule has 40 heavy (non-hydrogen) atoms. The van der Waals surface area contributed by atoms with Crippen molar-refractivity contribution in [2.24, 2.45) is 18.4 Å². The molecule has 206 valence electrons.